The van der Waals surface area contributed by atoms with E-state index in [0.29, 0.717) is 12.8 Å². The van der Waals surface area contributed by atoms with Crippen LogP contribution in [-0.2, 0) is 0 Å². The molecule has 0 aliphatic heterocycles. The SMILES string of the molecule is CCCCCC[C@H](O)[C@H](O)[C@@H](O)[C@@H](O)C#CC#C[C@@H](O)CC. The smallest absolute Gasteiger partial charge is 0.144 e. The number of aliphatic hydroxyl groups excluding tert-OH is 5. The number of unbranched alkanes of at least 4 members (excludes halogenated alkanes) is 3. The molecule has 0 aromatic rings. The lowest BCUT2D eigenvalue weighted by Gasteiger charge is -2.24. The van der Waals surface area contributed by atoms with Crippen molar-refractivity contribution < 1.29 is 25.5 Å². The van der Waals surface area contributed by atoms with Gasteiger partial charge in [0.2, 0.25) is 0 Å². The first-order valence-corrected chi connectivity index (χ1v) is 7.85. The molecule has 0 rings (SSSR count). The van der Waals surface area contributed by atoms with Gasteiger partial charge in [0.1, 0.15) is 24.4 Å². The fourth-order valence-electron chi connectivity index (χ4n) is 1.78. The summed E-state index contributed by atoms with van der Waals surface area (Å²) in [7, 11) is 0. The minimum absolute atomic E-state index is 0.362. The molecule has 126 valence electrons. The van der Waals surface area contributed by atoms with Crippen LogP contribution in [0.2, 0.25) is 0 Å². The Balaban J connectivity index is 4.32. The largest absolute Gasteiger partial charge is 0.390 e. The van der Waals surface area contributed by atoms with E-state index in [0.717, 1.165) is 25.7 Å². The average molecular weight is 312 g/mol. The first kappa shape index (κ1) is 20.9. The lowest BCUT2D eigenvalue weighted by Crippen LogP contribution is -2.43. The number of hydrogen-bond donors (Lipinski definition) is 5. The predicted molar refractivity (Wildman–Crippen MR) is 84.6 cm³/mol. The topological polar surface area (TPSA) is 101 Å². The second-order valence-corrected chi connectivity index (χ2v) is 5.31. The zero-order valence-electron chi connectivity index (χ0n) is 13.4. The summed E-state index contributed by atoms with van der Waals surface area (Å²) in [6.07, 6.45) is -1.73. The Kier molecular flexibility index (Phi) is 11.9. The highest BCUT2D eigenvalue weighted by molar-refractivity contribution is 5.29. The van der Waals surface area contributed by atoms with Crippen molar-refractivity contribution in [2.75, 3.05) is 0 Å². The van der Waals surface area contributed by atoms with Gasteiger partial charge in [-0.2, -0.15) is 0 Å². The molecule has 5 N–H and O–H groups in total. The molecule has 0 radical (unpaired) electrons. The van der Waals surface area contributed by atoms with Crippen LogP contribution in [-0.4, -0.2) is 56.1 Å². The first-order chi connectivity index (χ1) is 10.4. The van der Waals surface area contributed by atoms with E-state index >= 15 is 0 Å². The first-order valence-electron chi connectivity index (χ1n) is 7.85. The minimum Gasteiger partial charge on any atom is -0.390 e. The van der Waals surface area contributed by atoms with Gasteiger partial charge in [0.15, 0.2) is 0 Å². The van der Waals surface area contributed by atoms with Crippen molar-refractivity contribution in [3.8, 4) is 23.7 Å². The van der Waals surface area contributed by atoms with Crippen LogP contribution in [0.25, 0.3) is 0 Å². The van der Waals surface area contributed by atoms with E-state index < -0.39 is 30.5 Å². The second-order valence-electron chi connectivity index (χ2n) is 5.31. The zero-order chi connectivity index (χ0) is 17.0. The van der Waals surface area contributed by atoms with E-state index in [1.807, 2.05) is 0 Å². The van der Waals surface area contributed by atoms with Gasteiger partial charge in [-0.3, -0.25) is 0 Å². The fraction of sp³-hybridized carbons (Fsp3) is 0.765. The fourth-order valence-corrected chi connectivity index (χ4v) is 1.78. The third-order valence-electron chi connectivity index (χ3n) is 3.33. The average Bonchev–Trinajstić information content (AvgIpc) is 2.53. The van der Waals surface area contributed by atoms with Crippen LogP contribution in [0, 0.1) is 23.7 Å². The molecule has 0 saturated carbocycles. The summed E-state index contributed by atoms with van der Waals surface area (Å²) in [5.41, 5.74) is 0. The Morgan fingerprint density at radius 1 is 0.773 bits per heavy atom. The van der Waals surface area contributed by atoms with Crippen LogP contribution in [0.4, 0.5) is 0 Å². The van der Waals surface area contributed by atoms with Crippen molar-refractivity contribution in [3.05, 3.63) is 0 Å². The van der Waals surface area contributed by atoms with Gasteiger partial charge in [0.05, 0.1) is 6.10 Å². The summed E-state index contributed by atoms with van der Waals surface area (Å²) >= 11 is 0. The predicted octanol–water partition coefficient (Wildman–Crippen LogP) is 0.178. The third kappa shape index (κ3) is 9.04. The van der Waals surface area contributed by atoms with Crippen LogP contribution in [0.15, 0.2) is 0 Å². The number of rotatable bonds is 9. The second kappa shape index (κ2) is 12.5. The molecule has 0 bridgehead atoms. The van der Waals surface area contributed by atoms with Gasteiger partial charge in [-0.15, -0.1) is 0 Å². The molecule has 22 heavy (non-hydrogen) atoms. The summed E-state index contributed by atoms with van der Waals surface area (Å²) in [6, 6.07) is 0. The molecule has 0 aliphatic rings. The summed E-state index contributed by atoms with van der Waals surface area (Å²) < 4.78 is 0. The normalized spacial score (nSPS) is 17.2. The summed E-state index contributed by atoms with van der Waals surface area (Å²) in [4.78, 5) is 0. The Morgan fingerprint density at radius 3 is 2.00 bits per heavy atom. The third-order valence-corrected chi connectivity index (χ3v) is 3.33. The van der Waals surface area contributed by atoms with E-state index in [1.54, 1.807) is 6.92 Å². The molecule has 0 fully saturated rings. The standard InChI is InChI=1S/C17H28O5/c1-3-5-6-7-11-14(19)16(21)17(22)15(20)12-9-8-10-13(18)4-2/h13-22H,3-7,11H2,1-2H3/t13-,14-,15-,16-,17-/m0/s1. The van der Waals surface area contributed by atoms with Gasteiger partial charge in [-0.1, -0.05) is 51.4 Å². The Morgan fingerprint density at radius 2 is 1.41 bits per heavy atom. The van der Waals surface area contributed by atoms with Gasteiger partial charge in [0, 0.05) is 0 Å². The van der Waals surface area contributed by atoms with Crippen molar-refractivity contribution in [2.45, 2.75) is 82.9 Å². The molecule has 5 nitrogen and oxygen atoms in total. The number of aliphatic hydroxyl groups is 5. The molecule has 5 heteroatoms. The van der Waals surface area contributed by atoms with Crippen molar-refractivity contribution >= 4 is 0 Å². The molecule has 5 atom stereocenters. The molecular weight excluding hydrogens is 284 g/mol. The highest BCUT2D eigenvalue weighted by atomic mass is 16.4. The maximum atomic E-state index is 9.79. The lowest BCUT2D eigenvalue weighted by molar-refractivity contribution is -0.0930. The Bertz CT molecular complexity index is 401. The van der Waals surface area contributed by atoms with Crippen molar-refractivity contribution in [1.29, 1.82) is 0 Å². The van der Waals surface area contributed by atoms with Gasteiger partial charge >= 0.3 is 0 Å². The molecule has 0 unspecified atom stereocenters. The monoisotopic (exact) mass is 312 g/mol. The summed E-state index contributed by atoms with van der Waals surface area (Å²) in [5.74, 6) is 9.39. The highest BCUT2D eigenvalue weighted by Gasteiger charge is 2.29. The zero-order valence-corrected chi connectivity index (χ0v) is 13.4. The maximum Gasteiger partial charge on any atom is 0.144 e. The van der Waals surface area contributed by atoms with Crippen LogP contribution in [0.3, 0.4) is 0 Å². The van der Waals surface area contributed by atoms with Crippen LogP contribution < -0.4 is 0 Å². The molecule has 0 saturated heterocycles. The van der Waals surface area contributed by atoms with E-state index in [-0.39, 0.29) is 0 Å². The van der Waals surface area contributed by atoms with Gasteiger partial charge in [-0.05, 0) is 24.7 Å². The molecule has 0 amide bonds. The summed E-state index contributed by atoms with van der Waals surface area (Å²) in [5, 5.41) is 48.2. The minimum atomic E-state index is -1.56. The van der Waals surface area contributed by atoms with Gasteiger partial charge in [0.25, 0.3) is 0 Å². The van der Waals surface area contributed by atoms with Crippen LogP contribution >= 0.6 is 0 Å². The van der Waals surface area contributed by atoms with Crippen LogP contribution in [0.1, 0.15) is 52.4 Å². The van der Waals surface area contributed by atoms with E-state index in [9.17, 15) is 25.5 Å². The lowest BCUT2D eigenvalue weighted by atomic mass is 9.98. The van der Waals surface area contributed by atoms with E-state index in [1.165, 1.54) is 0 Å². The van der Waals surface area contributed by atoms with E-state index in [2.05, 4.69) is 30.6 Å². The molecule has 0 aromatic heterocycles. The van der Waals surface area contributed by atoms with Crippen LogP contribution in [0.5, 0.6) is 0 Å². The van der Waals surface area contributed by atoms with E-state index in [4.69, 9.17) is 0 Å². The molecule has 0 aliphatic carbocycles. The molecular formula is C17H28O5. The molecule has 0 aromatic carbocycles. The quantitative estimate of drug-likeness (QED) is 0.309. The molecule has 0 spiro atoms. The Labute approximate surface area is 133 Å². The van der Waals surface area contributed by atoms with Gasteiger partial charge in [-0.25, -0.2) is 0 Å². The van der Waals surface area contributed by atoms with Crippen molar-refractivity contribution in [2.24, 2.45) is 0 Å². The van der Waals surface area contributed by atoms with Crippen molar-refractivity contribution in [1.82, 2.24) is 0 Å². The number of hydrogen-bond acceptors (Lipinski definition) is 5. The highest BCUT2D eigenvalue weighted by Crippen LogP contribution is 2.12. The molecule has 0 heterocycles. The van der Waals surface area contributed by atoms with Gasteiger partial charge < -0.3 is 25.5 Å². The van der Waals surface area contributed by atoms with Crippen molar-refractivity contribution in [3.63, 3.8) is 0 Å². The summed E-state index contributed by atoms with van der Waals surface area (Å²) in [6.45, 7) is 3.84. The maximum absolute atomic E-state index is 9.79. The Hall–Kier alpha value is -1.08.